The van der Waals surface area contributed by atoms with Crippen molar-refractivity contribution < 1.29 is 4.79 Å². The summed E-state index contributed by atoms with van der Waals surface area (Å²) in [5.74, 6) is 0.506. The van der Waals surface area contributed by atoms with E-state index in [9.17, 15) is 4.79 Å². The van der Waals surface area contributed by atoms with Gasteiger partial charge in [0, 0.05) is 6.04 Å². The van der Waals surface area contributed by atoms with E-state index in [0.717, 1.165) is 19.3 Å². The fraction of sp³-hybridized carbons (Fsp3) is 0.588. The van der Waals surface area contributed by atoms with Crippen molar-refractivity contribution in [3.05, 3.63) is 35.4 Å². The molecular formula is C17H29ClN2O. The molecule has 1 aromatic rings. The van der Waals surface area contributed by atoms with E-state index >= 15 is 0 Å². The molecule has 0 aliphatic carbocycles. The Kier molecular flexibility index (Phi) is 9.31. The van der Waals surface area contributed by atoms with Crippen LogP contribution in [0.1, 0.15) is 57.6 Å². The van der Waals surface area contributed by atoms with Gasteiger partial charge in [-0.05, 0) is 36.8 Å². The van der Waals surface area contributed by atoms with Gasteiger partial charge in [-0.1, -0.05) is 51.5 Å². The molecule has 1 amide bonds. The highest BCUT2D eigenvalue weighted by Crippen LogP contribution is 2.15. The van der Waals surface area contributed by atoms with Gasteiger partial charge in [0.25, 0.3) is 0 Å². The van der Waals surface area contributed by atoms with Crippen molar-refractivity contribution in [1.82, 2.24) is 5.32 Å². The summed E-state index contributed by atoms with van der Waals surface area (Å²) in [5.41, 5.74) is 8.40. The highest BCUT2D eigenvalue weighted by atomic mass is 35.5. The maximum Gasteiger partial charge on any atom is 0.237 e. The van der Waals surface area contributed by atoms with Crippen molar-refractivity contribution in [2.45, 2.75) is 65.0 Å². The van der Waals surface area contributed by atoms with Gasteiger partial charge in [-0.3, -0.25) is 4.79 Å². The normalized spacial score (nSPS) is 13.4. The van der Waals surface area contributed by atoms with Gasteiger partial charge < -0.3 is 11.1 Å². The average molecular weight is 313 g/mol. The number of amides is 1. The topological polar surface area (TPSA) is 55.1 Å². The molecule has 0 saturated heterocycles. The second-order valence-electron chi connectivity index (χ2n) is 5.91. The number of hydrogen-bond acceptors (Lipinski definition) is 2. The number of hydrogen-bond donors (Lipinski definition) is 2. The molecule has 21 heavy (non-hydrogen) atoms. The van der Waals surface area contributed by atoms with Gasteiger partial charge in [0.05, 0.1) is 6.04 Å². The maximum atomic E-state index is 11.8. The first kappa shape index (κ1) is 19.9. The Labute approximate surface area is 135 Å². The summed E-state index contributed by atoms with van der Waals surface area (Å²) < 4.78 is 0. The molecule has 3 nitrogen and oxygen atoms in total. The van der Waals surface area contributed by atoms with Crippen LogP contribution in [0.25, 0.3) is 0 Å². The number of nitrogens with one attached hydrogen (secondary N) is 1. The molecule has 0 bridgehead atoms. The molecule has 1 rings (SSSR count). The molecular weight excluding hydrogens is 284 g/mol. The fourth-order valence-corrected chi connectivity index (χ4v) is 2.24. The van der Waals surface area contributed by atoms with Crippen LogP contribution in [0.2, 0.25) is 0 Å². The minimum atomic E-state index is -0.384. The number of halogens is 1. The molecule has 0 fully saturated rings. The van der Waals surface area contributed by atoms with Crippen LogP contribution in [0.4, 0.5) is 0 Å². The molecule has 0 aliphatic rings. The van der Waals surface area contributed by atoms with Crippen molar-refractivity contribution in [2.75, 3.05) is 0 Å². The van der Waals surface area contributed by atoms with Crippen LogP contribution >= 0.6 is 12.4 Å². The van der Waals surface area contributed by atoms with Crippen LogP contribution in [0.5, 0.6) is 0 Å². The molecule has 120 valence electrons. The number of benzene rings is 1. The van der Waals surface area contributed by atoms with E-state index in [1.165, 1.54) is 11.1 Å². The van der Waals surface area contributed by atoms with Gasteiger partial charge in [0.1, 0.15) is 0 Å². The lowest BCUT2D eigenvalue weighted by molar-refractivity contribution is -0.123. The molecule has 4 heteroatoms. The first-order valence-electron chi connectivity index (χ1n) is 7.58. The Hall–Kier alpha value is -1.06. The standard InChI is InChI=1S/C17H28N2O.ClH/c1-5-6-16(18)17(20)19-13(4)11-14-7-9-15(10-8-14)12(2)3;/h7-10,12-13,16H,5-6,11,18H2,1-4H3,(H,19,20);1H. The second kappa shape index (κ2) is 9.80. The van der Waals surface area contributed by atoms with Crippen LogP contribution in [-0.2, 0) is 11.2 Å². The number of carbonyl (C=O) groups excluding carboxylic acids is 1. The SMILES string of the molecule is CCCC(N)C(=O)NC(C)Cc1ccc(C(C)C)cc1.Cl. The van der Waals surface area contributed by atoms with Gasteiger partial charge in [0.2, 0.25) is 5.91 Å². The molecule has 2 atom stereocenters. The van der Waals surface area contributed by atoms with Crippen molar-refractivity contribution in [2.24, 2.45) is 5.73 Å². The smallest absolute Gasteiger partial charge is 0.237 e. The van der Waals surface area contributed by atoms with Crippen molar-refractivity contribution in [3.63, 3.8) is 0 Å². The van der Waals surface area contributed by atoms with E-state index < -0.39 is 0 Å². The van der Waals surface area contributed by atoms with E-state index in [4.69, 9.17) is 5.73 Å². The third-order valence-electron chi connectivity index (χ3n) is 3.51. The minimum absolute atomic E-state index is 0. The lowest BCUT2D eigenvalue weighted by Gasteiger charge is -2.17. The van der Waals surface area contributed by atoms with Gasteiger partial charge in [-0.15, -0.1) is 12.4 Å². The molecule has 3 N–H and O–H groups in total. The van der Waals surface area contributed by atoms with E-state index in [1.807, 2.05) is 13.8 Å². The molecule has 0 heterocycles. The summed E-state index contributed by atoms with van der Waals surface area (Å²) in [5, 5.41) is 2.99. The van der Waals surface area contributed by atoms with Crippen LogP contribution in [0.15, 0.2) is 24.3 Å². The Bertz CT molecular complexity index is 417. The average Bonchev–Trinajstić information content (AvgIpc) is 2.39. The number of carbonyl (C=O) groups is 1. The fourth-order valence-electron chi connectivity index (χ4n) is 2.24. The zero-order chi connectivity index (χ0) is 15.1. The number of nitrogens with two attached hydrogens (primary N) is 1. The van der Waals surface area contributed by atoms with E-state index in [0.29, 0.717) is 5.92 Å². The van der Waals surface area contributed by atoms with E-state index in [1.54, 1.807) is 0 Å². The molecule has 0 saturated carbocycles. The van der Waals surface area contributed by atoms with E-state index in [-0.39, 0.29) is 30.4 Å². The predicted octanol–water partition coefficient (Wildman–Crippen LogP) is 3.41. The third-order valence-corrected chi connectivity index (χ3v) is 3.51. The van der Waals surface area contributed by atoms with Crippen LogP contribution in [-0.4, -0.2) is 18.0 Å². The summed E-state index contributed by atoms with van der Waals surface area (Å²) in [6, 6.07) is 8.34. The summed E-state index contributed by atoms with van der Waals surface area (Å²) in [6.45, 7) is 8.43. The van der Waals surface area contributed by atoms with E-state index in [2.05, 4.69) is 43.4 Å². The molecule has 0 aliphatic heterocycles. The molecule has 2 unspecified atom stereocenters. The second-order valence-corrected chi connectivity index (χ2v) is 5.91. The summed E-state index contributed by atoms with van der Waals surface area (Å²) in [6.07, 6.45) is 2.50. The van der Waals surface area contributed by atoms with Crippen molar-refractivity contribution in [3.8, 4) is 0 Å². The predicted molar refractivity (Wildman–Crippen MR) is 92.0 cm³/mol. The largest absolute Gasteiger partial charge is 0.352 e. The van der Waals surface area contributed by atoms with Crippen molar-refractivity contribution in [1.29, 1.82) is 0 Å². The highest BCUT2D eigenvalue weighted by Gasteiger charge is 2.14. The summed E-state index contributed by atoms with van der Waals surface area (Å²) in [7, 11) is 0. The quantitative estimate of drug-likeness (QED) is 0.810. The summed E-state index contributed by atoms with van der Waals surface area (Å²) in [4.78, 5) is 11.8. The monoisotopic (exact) mass is 312 g/mol. The summed E-state index contributed by atoms with van der Waals surface area (Å²) >= 11 is 0. The highest BCUT2D eigenvalue weighted by molar-refractivity contribution is 5.85. The minimum Gasteiger partial charge on any atom is -0.352 e. The Morgan fingerprint density at radius 2 is 1.76 bits per heavy atom. The zero-order valence-electron chi connectivity index (χ0n) is 13.6. The van der Waals surface area contributed by atoms with Gasteiger partial charge in [-0.2, -0.15) is 0 Å². The Morgan fingerprint density at radius 1 is 1.19 bits per heavy atom. The van der Waals surface area contributed by atoms with Gasteiger partial charge in [-0.25, -0.2) is 0 Å². The zero-order valence-corrected chi connectivity index (χ0v) is 14.4. The molecule has 0 aromatic heterocycles. The van der Waals surface area contributed by atoms with Gasteiger partial charge in [0.15, 0.2) is 0 Å². The number of rotatable bonds is 7. The van der Waals surface area contributed by atoms with Crippen LogP contribution in [0, 0.1) is 0 Å². The first-order chi connectivity index (χ1) is 9.43. The van der Waals surface area contributed by atoms with Crippen LogP contribution < -0.4 is 11.1 Å². The maximum absolute atomic E-state index is 11.8. The lowest BCUT2D eigenvalue weighted by atomic mass is 9.99. The Morgan fingerprint density at radius 3 is 2.24 bits per heavy atom. The molecule has 0 spiro atoms. The lowest BCUT2D eigenvalue weighted by Crippen LogP contribution is -2.45. The Balaban J connectivity index is 0.00000400. The molecule has 0 radical (unpaired) electrons. The molecule has 1 aromatic carbocycles. The first-order valence-corrected chi connectivity index (χ1v) is 7.58. The van der Waals surface area contributed by atoms with Crippen molar-refractivity contribution >= 4 is 18.3 Å². The van der Waals surface area contributed by atoms with Crippen LogP contribution in [0.3, 0.4) is 0 Å². The third kappa shape index (κ3) is 6.96. The van der Waals surface area contributed by atoms with Gasteiger partial charge >= 0.3 is 0 Å².